The van der Waals surface area contributed by atoms with Gasteiger partial charge < -0.3 is 10.6 Å². The Bertz CT molecular complexity index is 443. The first-order valence-electron chi connectivity index (χ1n) is 4.70. The molecule has 6 nitrogen and oxygen atoms in total. The summed E-state index contributed by atoms with van der Waals surface area (Å²) in [6.45, 7) is 3.61. The first-order chi connectivity index (χ1) is 7.45. The summed E-state index contributed by atoms with van der Waals surface area (Å²) in [7, 11) is 1.45. The third-order valence-electron chi connectivity index (χ3n) is 2.28. The fourth-order valence-corrected chi connectivity index (χ4v) is 1.24. The van der Waals surface area contributed by atoms with Crippen molar-refractivity contribution in [3.05, 3.63) is 33.4 Å². The van der Waals surface area contributed by atoms with Gasteiger partial charge in [-0.15, -0.1) is 0 Å². The van der Waals surface area contributed by atoms with Crippen LogP contribution in [0.3, 0.4) is 0 Å². The second-order valence-electron chi connectivity index (χ2n) is 3.41. The molecule has 0 unspecified atom stereocenters. The van der Waals surface area contributed by atoms with E-state index in [4.69, 9.17) is 0 Å². The fourth-order valence-electron chi connectivity index (χ4n) is 1.24. The van der Waals surface area contributed by atoms with Crippen LogP contribution >= 0.6 is 0 Å². The molecule has 16 heavy (non-hydrogen) atoms. The lowest BCUT2D eigenvalue weighted by Crippen LogP contribution is -2.25. The van der Waals surface area contributed by atoms with Crippen molar-refractivity contribution in [2.45, 2.75) is 13.8 Å². The number of carbonyl (C=O) groups excluding carboxylic acids is 1. The molecule has 0 heterocycles. The van der Waals surface area contributed by atoms with Crippen molar-refractivity contribution in [2.24, 2.45) is 0 Å². The maximum Gasteiger partial charge on any atom is 0.319 e. The maximum atomic E-state index is 11.1. The lowest BCUT2D eigenvalue weighted by atomic mass is 10.1. The highest BCUT2D eigenvalue weighted by atomic mass is 16.6. The molecule has 1 aromatic rings. The van der Waals surface area contributed by atoms with Gasteiger partial charge in [-0.25, -0.2) is 4.79 Å². The number of nitrogens with zero attached hydrogens (tertiary/aromatic N) is 1. The van der Waals surface area contributed by atoms with Crippen LogP contribution in [0.1, 0.15) is 11.1 Å². The second-order valence-corrected chi connectivity index (χ2v) is 3.41. The van der Waals surface area contributed by atoms with E-state index in [0.717, 1.165) is 11.1 Å². The molecule has 0 saturated carbocycles. The Morgan fingerprint density at radius 3 is 2.38 bits per heavy atom. The van der Waals surface area contributed by atoms with Gasteiger partial charge in [-0.2, -0.15) is 0 Å². The van der Waals surface area contributed by atoms with Gasteiger partial charge >= 0.3 is 6.03 Å². The summed E-state index contributed by atoms with van der Waals surface area (Å²) in [6, 6.07) is 2.55. The van der Waals surface area contributed by atoms with Gasteiger partial charge in [-0.3, -0.25) is 10.1 Å². The molecule has 0 aliphatic carbocycles. The Balaban J connectivity index is 3.19. The summed E-state index contributed by atoms with van der Waals surface area (Å²) in [6.07, 6.45) is 0. The molecule has 86 valence electrons. The van der Waals surface area contributed by atoms with Gasteiger partial charge in [0.2, 0.25) is 0 Å². The zero-order valence-electron chi connectivity index (χ0n) is 9.33. The van der Waals surface area contributed by atoms with Gasteiger partial charge in [0.25, 0.3) is 5.69 Å². The van der Waals surface area contributed by atoms with Gasteiger partial charge in [0.15, 0.2) is 0 Å². The Kier molecular flexibility index (Phi) is 3.44. The summed E-state index contributed by atoms with van der Waals surface area (Å²) >= 11 is 0. The van der Waals surface area contributed by atoms with E-state index in [0.29, 0.717) is 0 Å². The molecule has 6 heteroatoms. The Morgan fingerprint density at radius 2 is 1.88 bits per heavy atom. The molecule has 0 spiro atoms. The lowest BCUT2D eigenvalue weighted by molar-refractivity contribution is -0.384. The third kappa shape index (κ3) is 2.47. The van der Waals surface area contributed by atoms with Crippen LogP contribution in [0.5, 0.6) is 0 Å². The van der Waals surface area contributed by atoms with Crippen molar-refractivity contribution >= 4 is 17.4 Å². The molecule has 0 aliphatic rings. The number of carbonyl (C=O) groups is 1. The number of urea groups is 1. The number of amides is 2. The molecule has 0 bridgehead atoms. The Labute approximate surface area is 92.8 Å². The molecule has 2 amide bonds. The van der Waals surface area contributed by atoms with Crippen molar-refractivity contribution < 1.29 is 9.72 Å². The SMILES string of the molecule is CNC(=O)Nc1cc(C)c(C)cc1[N+](=O)[O-]. The van der Waals surface area contributed by atoms with Crippen LogP contribution in [-0.2, 0) is 0 Å². The van der Waals surface area contributed by atoms with Crippen LogP contribution in [0.15, 0.2) is 12.1 Å². The molecule has 1 rings (SSSR count). The lowest BCUT2D eigenvalue weighted by Gasteiger charge is -2.08. The normalized spacial score (nSPS) is 9.69. The maximum absolute atomic E-state index is 11.1. The van der Waals surface area contributed by atoms with Gasteiger partial charge in [-0.1, -0.05) is 0 Å². The van der Waals surface area contributed by atoms with Crippen LogP contribution in [-0.4, -0.2) is 18.0 Å². The van der Waals surface area contributed by atoms with E-state index in [1.807, 2.05) is 6.92 Å². The predicted octanol–water partition coefficient (Wildman–Crippen LogP) is 1.96. The quantitative estimate of drug-likeness (QED) is 0.593. The molecule has 0 saturated heterocycles. The van der Waals surface area contributed by atoms with Crippen LogP contribution in [0.4, 0.5) is 16.2 Å². The number of rotatable bonds is 2. The van der Waals surface area contributed by atoms with E-state index >= 15 is 0 Å². The Morgan fingerprint density at radius 1 is 1.31 bits per heavy atom. The van der Waals surface area contributed by atoms with Crippen molar-refractivity contribution in [3.63, 3.8) is 0 Å². The number of nitro groups is 1. The predicted molar refractivity (Wildman–Crippen MR) is 60.6 cm³/mol. The number of nitrogens with one attached hydrogen (secondary N) is 2. The average molecular weight is 223 g/mol. The van der Waals surface area contributed by atoms with E-state index in [2.05, 4.69) is 10.6 Å². The minimum Gasteiger partial charge on any atom is -0.341 e. The van der Waals surface area contributed by atoms with Crippen molar-refractivity contribution in [2.75, 3.05) is 12.4 Å². The number of nitro benzene ring substituents is 1. The smallest absolute Gasteiger partial charge is 0.319 e. The minimum absolute atomic E-state index is 0.105. The number of hydrogen-bond donors (Lipinski definition) is 2. The van der Waals surface area contributed by atoms with Gasteiger partial charge in [0.05, 0.1) is 4.92 Å². The highest BCUT2D eigenvalue weighted by Crippen LogP contribution is 2.27. The molecule has 1 aromatic carbocycles. The number of aryl methyl sites for hydroxylation is 2. The summed E-state index contributed by atoms with van der Waals surface area (Å²) in [5.74, 6) is 0. The summed E-state index contributed by atoms with van der Waals surface area (Å²) in [5, 5.41) is 15.5. The highest BCUT2D eigenvalue weighted by molar-refractivity contribution is 5.91. The molecule has 0 radical (unpaired) electrons. The minimum atomic E-state index is -0.516. The number of benzene rings is 1. The van der Waals surface area contributed by atoms with E-state index in [-0.39, 0.29) is 11.4 Å². The Hall–Kier alpha value is -2.11. The first kappa shape index (κ1) is 12.0. The third-order valence-corrected chi connectivity index (χ3v) is 2.28. The molecular weight excluding hydrogens is 210 g/mol. The van der Waals surface area contributed by atoms with Crippen LogP contribution < -0.4 is 10.6 Å². The fraction of sp³-hybridized carbons (Fsp3) is 0.300. The van der Waals surface area contributed by atoms with Crippen LogP contribution in [0.25, 0.3) is 0 Å². The van der Waals surface area contributed by atoms with E-state index in [1.54, 1.807) is 13.0 Å². The monoisotopic (exact) mass is 223 g/mol. The van der Waals surface area contributed by atoms with Crippen molar-refractivity contribution in [3.8, 4) is 0 Å². The summed E-state index contributed by atoms with van der Waals surface area (Å²) in [4.78, 5) is 21.4. The van der Waals surface area contributed by atoms with Crippen molar-refractivity contribution in [1.29, 1.82) is 0 Å². The van der Waals surface area contributed by atoms with Gasteiger partial charge in [-0.05, 0) is 31.0 Å². The van der Waals surface area contributed by atoms with E-state index < -0.39 is 11.0 Å². The van der Waals surface area contributed by atoms with Crippen molar-refractivity contribution in [1.82, 2.24) is 5.32 Å². The first-order valence-corrected chi connectivity index (χ1v) is 4.70. The highest BCUT2D eigenvalue weighted by Gasteiger charge is 2.16. The second kappa shape index (κ2) is 4.61. The van der Waals surface area contributed by atoms with Gasteiger partial charge in [0, 0.05) is 13.1 Å². The summed E-state index contributed by atoms with van der Waals surface area (Å²) < 4.78 is 0. The molecule has 0 aliphatic heterocycles. The topological polar surface area (TPSA) is 84.3 Å². The molecule has 0 atom stereocenters. The largest absolute Gasteiger partial charge is 0.341 e. The van der Waals surface area contributed by atoms with Gasteiger partial charge in [0.1, 0.15) is 5.69 Å². The number of hydrogen-bond acceptors (Lipinski definition) is 3. The molecule has 0 fully saturated rings. The van der Waals surface area contributed by atoms with E-state index in [9.17, 15) is 14.9 Å². The van der Waals surface area contributed by atoms with Crippen LogP contribution in [0, 0.1) is 24.0 Å². The standard InChI is InChI=1S/C10H13N3O3/c1-6-4-8(12-10(14)11-3)9(13(15)16)5-7(6)2/h4-5H,1-3H3,(H2,11,12,14). The van der Waals surface area contributed by atoms with Crippen LogP contribution in [0.2, 0.25) is 0 Å². The zero-order valence-corrected chi connectivity index (χ0v) is 9.33. The molecule has 2 N–H and O–H groups in total. The average Bonchev–Trinajstić information content (AvgIpc) is 2.22. The summed E-state index contributed by atoms with van der Waals surface area (Å²) in [5.41, 5.74) is 1.80. The zero-order chi connectivity index (χ0) is 12.3. The van der Waals surface area contributed by atoms with E-state index in [1.165, 1.54) is 13.1 Å². The molecule has 0 aromatic heterocycles. The number of anilines is 1. The molecular formula is C10H13N3O3.